The van der Waals surface area contributed by atoms with Crippen LogP contribution >= 0.6 is 0 Å². The summed E-state index contributed by atoms with van der Waals surface area (Å²) >= 11 is 0. The fourth-order valence-corrected chi connectivity index (χ4v) is 2.10. The molecule has 2 rings (SSSR count). The van der Waals surface area contributed by atoms with E-state index < -0.39 is 0 Å². The molecule has 1 aromatic carbocycles. The van der Waals surface area contributed by atoms with Crippen molar-refractivity contribution in [3.63, 3.8) is 0 Å². The van der Waals surface area contributed by atoms with Crippen LogP contribution in [0.2, 0.25) is 0 Å². The number of benzene rings is 1. The highest BCUT2D eigenvalue weighted by atomic mass is 14.6. The Morgan fingerprint density at radius 1 is 1.12 bits per heavy atom. The monoisotopic (exact) mass is 226 g/mol. The molecule has 2 aromatic rings. The quantitative estimate of drug-likeness (QED) is 0.870. The molecular formula is C15H18N2. The number of nitrogens with two attached hydrogens (primary N) is 1. The molecule has 0 aliphatic carbocycles. The van der Waals surface area contributed by atoms with E-state index in [2.05, 4.69) is 36.2 Å². The van der Waals surface area contributed by atoms with Gasteiger partial charge in [-0.05, 0) is 41.7 Å². The highest BCUT2D eigenvalue weighted by Crippen LogP contribution is 2.20. The molecule has 0 bridgehead atoms. The van der Waals surface area contributed by atoms with Crippen LogP contribution in [0.4, 0.5) is 0 Å². The van der Waals surface area contributed by atoms with Gasteiger partial charge in [-0.3, -0.25) is 4.98 Å². The standard InChI is InChI=1S/C15H18N2/c1-2-13-5-3-4-6-14(13)15(16)11-12-7-9-17-10-8-12/h3-10,15H,2,11,16H2,1H3. The third-order valence-electron chi connectivity index (χ3n) is 3.04. The first-order valence-electron chi connectivity index (χ1n) is 6.03. The highest BCUT2D eigenvalue weighted by Gasteiger charge is 2.10. The van der Waals surface area contributed by atoms with Crippen LogP contribution in [0.3, 0.4) is 0 Å². The summed E-state index contributed by atoms with van der Waals surface area (Å²) in [4.78, 5) is 4.02. The van der Waals surface area contributed by atoms with E-state index in [4.69, 9.17) is 5.73 Å². The van der Waals surface area contributed by atoms with Crippen LogP contribution < -0.4 is 5.73 Å². The Balaban J connectivity index is 2.17. The average Bonchev–Trinajstić information content (AvgIpc) is 2.40. The minimum atomic E-state index is 0.0635. The Morgan fingerprint density at radius 3 is 2.53 bits per heavy atom. The van der Waals surface area contributed by atoms with Crippen molar-refractivity contribution < 1.29 is 0 Å². The van der Waals surface area contributed by atoms with E-state index in [1.54, 1.807) is 0 Å². The molecule has 0 radical (unpaired) electrons. The number of hydrogen-bond acceptors (Lipinski definition) is 2. The van der Waals surface area contributed by atoms with Crippen LogP contribution in [0.15, 0.2) is 48.8 Å². The summed E-state index contributed by atoms with van der Waals surface area (Å²) in [6, 6.07) is 12.5. The minimum Gasteiger partial charge on any atom is -0.324 e. The van der Waals surface area contributed by atoms with Crippen LogP contribution in [0.5, 0.6) is 0 Å². The number of aromatic nitrogens is 1. The molecule has 0 fully saturated rings. The van der Waals surface area contributed by atoms with E-state index in [0.717, 1.165) is 12.8 Å². The summed E-state index contributed by atoms with van der Waals surface area (Å²) in [7, 11) is 0. The Labute approximate surface area is 103 Å². The summed E-state index contributed by atoms with van der Waals surface area (Å²) in [6.45, 7) is 2.16. The van der Waals surface area contributed by atoms with Gasteiger partial charge in [0, 0.05) is 18.4 Å². The lowest BCUT2D eigenvalue weighted by molar-refractivity contribution is 0.711. The zero-order valence-corrected chi connectivity index (χ0v) is 10.1. The van der Waals surface area contributed by atoms with E-state index in [0.29, 0.717) is 0 Å². The molecule has 0 spiro atoms. The van der Waals surface area contributed by atoms with E-state index in [9.17, 15) is 0 Å². The van der Waals surface area contributed by atoms with Crippen LogP contribution in [0.1, 0.15) is 29.7 Å². The number of pyridine rings is 1. The number of rotatable bonds is 4. The van der Waals surface area contributed by atoms with E-state index in [1.807, 2.05) is 24.5 Å². The van der Waals surface area contributed by atoms with Crippen molar-refractivity contribution in [2.75, 3.05) is 0 Å². The van der Waals surface area contributed by atoms with Crippen molar-refractivity contribution in [1.29, 1.82) is 0 Å². The third kappa shape index (κ3) is 2.92. The molecule has 1 aromatic heterocycles. The van der Waals surface area contributed by atoms with Gasteiger partial charge in [-0.1, -0.05) is 31.2 Å². The van der Waals surface area contributed by atoms with Gasteiger partial charge >= 0.3 is 0 Å². The Bertz CT molecular complexity index is 465. The van der Waals surface area contributed by atoms with Gasteiger partial charge in [0.15, 0.2) is 0 Å². The van der Waals surface area contributed by atoms with E-state index >= 15 is 0 Å². The predicted octanol–water partition coefficient (Wildman–Crippen LogP) is 2.89. The molecule has 0 saturated heterocycles. The van der Waals surface area contributed by atoms with Gasteiger partial charge in [-0.2, -0.15) is 0 Å². The maximum absolute atomic E-state index is 6.28. The molecule has 0 amide bonds. The smallest absolute Gasteiger partial charge is 0.0338 e. The molecule has 17 heavy (non-hydrogen) atoms. The summed E-state index contributed by atoms with van der Waals surface area (Å²) in [5.41, 5.74) is 10.1. The lowest BCUT2D eigenvalue weighted by Gasteiger charge is -2.15. The van der Waals surface area contributed by atoms with E-state index in [-0.39, 0.29) is 6.04 Å². The fourth-order valence-electron chi connectivity index (χ4n) is 2.10. The molecule has 88 valence electrons. The zero-order chi connectivity index (χ0) is 12.1. The molecule has 1 atom stereocenters. The van der Waals surface area contributed by atoms with Gasteiger partial charge < -0.3 is 5.73 Å². The molecule has 2 N–H and O–H groups in total. The van der Waals surface area contributed by atoms with Crippen molar-refractivity contribution in [2.45, 2.75) is 25.8 Å². The van der Waals surface area contributed by atoms with Crippen LogP contribution in [-0.2, 0) is 12.8 Å². The first-order chi connectivity index (χ1) is 8.31. The summed E-state index contributed by atoms with van der Waals surface area (Å²) in [5, 5.41) is 0. The zero-order valence-electron chi connectivity index (χ0n) is 10.1. The van der Waals surface area contributed by atoms with Crippen molar-refractivity contribution in [2.24, 2.45) is 5.73 Å². The average molecular weight is 226 g/mol. The van der Waals surface area contributed by atoms with Gasteiger partial charge in [0.1, 0.15) is 0 Å². The summed E-state index contributed by atoms with van der Waals surface area (Å²) < 4.78 is 0. The molecule has 0 aliphatic heterocycles. The second kappa shape index (κ2) is 5.60. The highest BCUT2D eigenvalue weighted by molar-refractivity contribution is 5.31. The first kappa shape index (κ1) is 11.8. The number of aryl methyl sites for hydroxylation is 1. The summed E-state index contributed by atoms with van der Waals surface area (Å²) in [6.07, 6.45) is 5.52. The van der Waals surface area contributed by atoms with Gasteiger partial charge in [0.2, 0.25) is 0 Å². The minimum absolute atomic E-state index is 0.0635. The number of nitrogens with zero attached hydrogens (tertiary/aromatic N) is 1. The van der Waals surface area contributed by atoms with Crippen molar-refractivity contribution in [3.05, 3.63) is 65.5 Å². The summed E-state index contributed by atoms with van der Waals surface area (Å²) in [5.74, 6) is 0. The van der Waals surface area contributed by atoms with Crippen molar-refractivity contribution in [1.82, 2.24) is 4.98 Å². The number of hydrogen-bond donors (Lipinski definition) is 1. The van der Waals surface area contributed by atoms with Gasteiger partial charge in [0.25, 0.3) is 0 Å². The van der Waals surface area contributed by atoms with Crippen LogP contribution in [-0.4, -0.2) is 4.98 Å². The molecule has 2 nitrogen and oxygen atoms in total. The Kier molecular flexibility index (Phi) is 3.89. The normalized spacial score (nSPS) is 12.4. The second-order valence-corrected chi connectivity index (χ2v) is 4.22. The predicted molar refractivity (Wildman–Crippen MR) is 70.7 cm³/mol. The molecule has 0 saturated carbocycles. The van der Waals surface area contributed by atoms with Crippen LogP contribution in [0, 0.1) is 0 Å². The maximum atomic E-state index is 6.28. The fraction of sp³-hybridized carbons (Fsp3) is 0.267. The van der Waals surface area contributed by atoms with Crippen molar-refractivity contribution in [3.8, 4) is 0 Å². The van der Waals surface area contributed by atoms with Crippen LogP contribution in [0.25, 0.3) is 0 Å². The molecule has 1 unspecified atom stereocenters. The molecule has 2 heteroatoms. The third-order valence-corrected chi connectivity index (χ3v) is 3.04. The van der Waals surface area contributed by atoms with Gasteiger partial charge in [-0.15, -0.1) is 0 Å². The maximum Gasteiger partial charge on any atom is 0.0338 e. The lowest BCUT2D eigenvalue weighted by atomic mass is 9.95. The molecular weight excluding hydrogens is 208 g/mol. The molecule has 0 aliphatic rings. The van der Waals surface area contributed by atoms with E-state index in [1.165, 1.54) is 16.7 Å². The molecule has 1 heterocycles. The van der Waals surface area contributed by atoms with Crippen molar-refractivity contribution >= 4 is 0 Å². The first-order valence-corrected chi connectivity index (χ1v) is 6.03. The largest absolute Gasteiger partial charge is 0.324 e. The Hall–Kier alpha value is -1.67. The topological polar surface area (TPSA) is 38.9 Å². The SMILES string of the molecule is CCc1ccccc1C(N)Cc1ccncc1. The Morgan fingerprint density at radius 2 is 1.82 bits per heavy atom. The van der Waals surface area contributed by atoms with Gasteiger partial charge in [-0.25, -0.2) is 0 Å². The second-order valence-electron chi connectivity index (χ2n) is 4.22. The van der Waals surface area contributed by atoms with Gasteiger partial charge in [0.05, 0.1) is 0 Å². The lowest BCUT2D eigenvalue weighted by Crippen LogP contribution is -2.15.